The van der Waals surface area contributed by atoms with Gasteiger partial charge in [-0.25, -0.2) is 0 Å². The Bertz CT molecular complexity index is 406. The van der Waals surface area contributed by atoms with E-state index in [-0.39, 0.29) is 12.1 Å². The number of benzene rings is 1. The van der Waals surface area contributed by atoms with Gasteiger partial charge in [0.1, 0.15) is 0 Å². The van der Waals surface area contributed by atoms with Crippen molar-refractivity contribution >= 4 is 11.6 Å². The van der Waals surface area contributed by atoms with E-state index in [0.717, 1.165) is 31.4 Å². The van der Waals surface area contributed by atoms with Gasteiger partial charge in [-0.05, 0) is 37.8 Å². The quantitative estimate of drug-likeness (QED) is 0.742. The van der Waals surface area contributed by atoms with E-state index in [4.69, 9.17) is 5.73 Å². The van der Waals surface area contributed by atoms with Gasteiger partial charge in [0.2, 0.25) is 0 Å². The summed E-state index contributed by atoms with van der Waals surface area (Å²) in [5.74, 6) is -0.426. The number of hydrogen-bond acceptors (Lipinski definition) is 3. The van der Waals surface area contributed by atoms with Crippen LogP contribution in [0.1, 0.15) is 36.0 Å². The number of nitrogens with two attached hydrogens (primary N) is 1. The first kappa shape index (κ1) is 11.9. The van der Waals surface area contributed by atoms with Crippen molar-refractivity contribution in [2.45, 2.75) is 37.8 Å². The molecule has 1 saturated carbocycles. The number of aliphatic hydroxyl groups is 1. The van der Waals surface area contributed by atoms with Crippen molar-refractivity contribution in [3.63, 3.8) is 0 Å². The highest BCUT2D eigenvalue weighted by molar-refractivity contribution is 5.98. The molecule has 4 heteroatoms. The van der Waals surface area contributed by atoms with Crippen LogP contribution >= 0.6 is 0 Å². The van der Waals surface area contributed by atoms with Crippen LogP contribution in [0.3, 0.4) is 0 Å². The number of hydrogen-bond donors (Lipinski definition) is 3. The summed E-state index contributed by atoms with van der Waals surface area (Å²) in [4.78, 5) is 11.3. The summed E-state index contributed by atoms with van der Waals surface area (Å²) in [6.07, 6.45) is 3.40. The maximum absolute atomic E-state index is 11.3. The average Bonchev–Trinajstić information content (AvgIpc) is 2.29. The normalized spacial score (nSPS) is 24.3. The minimum atomic E-state index is -0.426. The van der Waals surface area contributed by atoms with Crippen molar-refractivity contribution < 1.29 is 9.90 Å². The number of rotatable bonds is 3. The molecule has 0 saturated heterocycles. The molecule has 0 aromatic heterocycles. The van der Waals surface area contributed by atoms with Crippen LogP contribution in [0, 0.1) is 0 Å². The van der Waals surface area contributed by atoms with Crippen molar-refractivity contribution in [2.75, 3.05) is 5.32 Å². The van der Waals surface area contributed by atoms with Gasteiger partial charge >= 0.3 is 0 Å². The second-order valence-electron chi connectivity index (χ2n) is 4.57. The van der Waals surface area contributed by atoms with E-state index >= 15 is 0 Å². The first-order valence-corrected chi connectivity index (χ1v) is 6.00. The van der Waals surface area contributed by atoms with Gasteiger partial charge < -0.3 is 16.2 Å². The zero-order valence-corrected chi connectivity index (χ0v) is 9.73. The molecule has 1 aromatic carbocycles. The topological polar surface area (TPSA) is 75.4 Å². The zero-order valence-electron chi connectivity index (χ0n) is 9.73. The van der Waals surface area contributed by atoms with E-state index in [1.165, 1.54) is 0 Å². The molecule has 1 amide bonds. The molecular formula is C13H18N2O2. The lowest BCUT2D eigenvalue weighted by molar-refractivity contribution is 0.100. The van der Waals surface area contributed by atoms with E-state index < -0.39 is 5.91 Å². The predicted molar refractivity (Wildman–Crippen MR) is 66.8 cm³/mol. The molecule has 1 aliphatic rings. The van der Waals surface area contributed by atoms with Crippen molar-refractivity contribution in [1.82, 2.24) is 0 Å². The van der Waals surface area contributed by atoms with Crippen molar-refractivity contribution in [3.8, 4) is 0 Å². The fraction of sp³-hybridized carbons (Fsp3) is 0.462. The molecule has 0 heterocycles. The Kier molecular flexibility index (Phi) is 3.64. The molecule has 17 heavy (non-hydrogen) atoms. The van der Waals surface area contributed by atoms with Gasteiger partial charge in [0.25, 0.3) is 5.91 Å². The Morgan fingerprint density at radius 1 is 1.35 bits per heavy atom. The van der Waals surface area contributed by atoms with E-state index in [9.17, 15) is 9.90 Å². The molecule has 4 N–H and O–H groups in total. The third-order valence-electron chi connectivity index (χ3n) is 3.20. The number of anilines is 1. The van der Waals surface area contributed by atoms with Gasteiger partial charge in [-0.15, -0.1) is 0 Å². The molecule has 4 nitrogen and oxygen atoms in total. The third kappa shape index (κ3) is 2.97. The second kappa shape index (κ2) is 5.19. The summed E-state index contributed by atoms with van der Waals surface area (Å²) in [5.41, 5.74) is 6.59. The van der Waals surface area contributed by atoms with Crippen LogP contribution in [0.15, 0.2) is 24.3 Å². The van der Waals surface area contributed by atoms with E-state index in [1.807, 2.05) is 12.1 Å². The monoisotopic (exact) mass is 234 g/mol. The van der Waals surface area contributed by atoms with Crippen LogP contribution in [-0.4, -0.2) is 23.2 Å². The maximum Gasteiger partial charge on any atom is 0.250 e. The predicted octanol–water partition coefficient (Wildman–Crippen LogP) is 1.50. The molecule has 1 fully saturated rings. The Morgan fingerprint density at radius 3 is 2.82 bits per heavy atom. The molecule has 1 aromatic rings. The third-order valence-corrected chi connectivity index (χ3v) is 3.20. The lowest BCUT2D eigenvalue weighted by atomic mass is 9.92. The van der Waals surface area contributed by atoms with Gasteiger partial charge in [0.15, 0.2) is 0 Å². The lowest BCUT2D eigenvalue weighted by Crippen LogP contribution is -2.30. The largest absolute Gasteiger partial charge is 0.393 e. The Labute approximate surface area is 101 Å². The van der Waals surface area contributed by atoms with Crippen LogP contribution in [0.5, 0.6) is 0 Å². The number of para-hydroxylation sites is 1. The van der Waals surface area contributed by atoms with Gasteiger partial charge in [0, 0.05) is 11.7 Å². The number of nitrogens with one attached hydrogen (secondary N) is 1. The number of carbonyl (C=O) groups excluding carboxylic acids is 1. The lowest BCUT2D eigenvalue weighted by Gasteiger charge is -2.28. The zero-order chi connectivity index (χ0) is 12.3. The maximum atomic E-state index is 11.3. The van der Waals surface area contributed by atoms with Crippen LogP contribution < -0.4 is 11.1 Å². The summed E-state index contributed by atoms with van der Waals surface area (Å²) in [5, 5.41) is 12.9. The summed E-state index contributed by atoms with van der Waals surface area (Å²) >= 11 is 0. The van der Waals surface area contributed by atoms with Crippen molar-refractivity contribution in [2.24, 2.45) is 5.73 Å². The van der Waals surface area contributed by atoms with Crippen LogP contribution in [0.25, 0.3) is 0 Å². The molecule has 0 spiro atoms. The Morgan fingerprint density at radius 2 is 2.12 bits per heavy atom. The molecule has 0 aliphatic heterocycles. The number of primary amides is 1. The summed E-state index contributed by atoms with van der Waals surface area (Å²) in [6.45, 7) is 0. The number of aliphatic hydroxyl groups excluding tert-OH is 1. The standard InChI is InChI=1S/C13H18N2O2/c14-13(17)11-6-1-2-7-12(11)15-9-4-3-5-10(16)8-9/h1-2,6-7,9-10,15-16H,3-5,8H2,(H2,14,17). The van der Waals surface area contributed by atoms with Gasteiger partial charge in [-0.3, -0.25) is 4.79 Å². The molecular weight excluding hydrogens is 216 g/mol. The smallest absolute Gasteiger partial charge is 0.250 e. The first-order chi connectivity index (χ1) is 8.16. The van der Waals surface area contributed by atoms with Crippen LogP contribution in [-0.2, 0) is 0 Å². The summed E-state index contributed by atoms with van der Waals surface area (Å²) in [7, 11) is 0. The fourth-order valence-electron chi connectivity index (χ4n) is 2.34. The second-order valence-corrected chi connectivity index (χ2v) is 4.57. The van der Waals surface area contributed by atoms with Crippen LogP contribution in [0.2, 0.25) is 0 Å². The molecule has 1 aliphatic carbocycles. The SMILES string of the molecule is NC(=O)c1ccccc1NC1CCCC(O)C1. The van der Waals surface area contributed by atoms with E-state index in [1.54, 1.807) is 12.1 Å². The van der Waals surface area contributed by atoms with E-state index in [2.05, 4.69) is 5.32 Å². The van der Waals surface area contributed by atoms with Gasteiger partial charge in [-0.2, -0.15) is 0 Å². The number of carbonyl (C=O) groups is 1. The summed E-state index contributed by atoms with van der Waals surface area (Å²) in [6, 6.07) is 7.44. The molecule has 0 bridgehead atoms. The average molecular weight is 234 g/mol. The first-order valence-electron chi connectivity index (χ1n) is 6.00. The molecule has 2 unspecified atom stereocenters. The van der Waals surface area contributed by atoms with Gasteiger partial charge in [-0.1, -0.05) is 12.1 Å². The Balaban J connectivity index is 2.10. The molecule has 92 valence electrons. The molecule has 2 rings (SSSR count). The molecule has 2 atom stereocenters. The van der Waals surface area contributed by atoms with Crippen LogP contribution in [0.4, 0.5) is 5.69 Å². The fourth-order valence-corrected chi connectivity index (χ4v) is 2.34. The highest BCUT2D eigenvalue weighted by atomic mass is 16.3. The highest BCUT2D eigenvalue weighted by Gasteiger charge is 2.21. The minimum absolute atomic E-state index is 0.222. The van der Waals surface area contributed by atoms with E-state index in [0.29, 0.717) is 5.56 Å². The molecule has 0 radical (unpaired) electrons. The minimum Gasteiger partial charge on any atom is -0.393 e. The van der Waals surface area contributed by atoms with Crippen molar-refractivity contribution in [1.29, 1.82) is 0 Å². The summed E-state index contributed by atoms with van der Waals surface area (Å²) < 4.78 is 0. The number of amides is 1. The van der Waals surface area contributed by atoms with Gasteiger partial charge in [0.05, 0.1) is 11.7 Å². The van der Waals surface area contributed by atoms with Crippen molar-refractivity contribution in [3.05, 3.63) is 29.8 Å². The highest BCUT2D eigenvalue weighted by Crippen LogP contribution is 2.23. The Hall–Kier alpha value is -1.55.